The summed E-state index contributed by atoms with van der Waals surface area (Å²) in [5.74, 6) is 0.446. The van der Waals surface area contributed by atoms with Crippen LogP contribution in [-0.2, 0) is 38.0 Å². The van der Waals surface area contributed by atoms with Gasteiger partial charge in [0.25, 0.3) is 6.02 Å². The minimum Gasteiger partial charge on any atom is -0.455 e. The Morgan fingerprint density at radius 2 is 1.44 bits per heavy atom. The summed E-state index contributed by atoms with van der Waals surface area (Å²) >= 11 is 0. The number of aromatic nitrogens is 4. The van der Waals surface area contributed by atoms with Crippen LogP contribution in [0.5, 0.6) is 0 Å². The number of carbonyl (C=O) groups excluding carboxylic acids is 1. The van der Waals surface area contributed by atoms with E-state index < -0.39 is 0 Å². The SMILES string of the molecule is CN1CCC(n2nc(C3=CCC4OC(N)=NC4=C3)c3c(N)ncnc32)CC1.NCCOCCOCCOCCOCCOCCOCCC=O. The van der Waals surface area contributed by atoms with Gasteiger partial charge in [-0.3, -0.25) is 0 Å². The fourth-order valence-electron chi connectivity index (χ4n) is 5.45. The Kier molecular flexibility index (Phi) is 17.5. The van der Waals surface area contributed by atoms with E-state index in [-0.39, 0.29) is 12.1 Å². The number of rotatable bonds is 22. The first-order valence-corrected chi connectivity index (χ1v) is 17.2. The summed E-state index contributed by atoms with van der Waals surface area (Å²) in [7, 11) is 2.15. The maximum absolute atomic E-state index is 10.0. The number of hydrogen-bond donors (Lipinski definition) is 3. The molecule has 3 aliphatic rings. The van der Waals surface area contributed by atoms with Crippen molar-refractivity contribution in [3.63, 3.8) is 0 Å². The number of ether oxygens (including phenoxy) is 7. The molecule has 0 amide bonds. The van der Waals surface area contributed by atoms with E-state index in [4.69, 9.17) is 55.5 Å². The molecule has 2 aromatic rings. The van der Waals surface area contributed by atoms with Crippen molar-refractivity contribution in [2.24, 2.45) is 16.5 Å². The third-order valence-electron chi connectivity index (χ3n) is 8.02. The molecule has 1 aliphatic carbocycles. The second-order valence-corrected chi connectivity index (χ2v) is 11.7. The largest absolute Gasteiger partial charge is 0.455 e. The van der Waals surface area contributed by atoms with Crippen LogP contribution >= 0.6 is 0 Å². The Hall–Kier alpha value is -3.55. The highest BCUT2D eigenvalue weighted by molar-refractivity contribution is 5.98. The molecule has 50 heavy (non-hydrogen) atoms. The van der Waals surface area contributed by atoms with E-state index in [9.17, 15) is 4.79 Å². The van der Waals surface area contributed by atoms with Crippen LogP contribution in [0.3, 0.4) is 0 Å². The first-order valence-electron chi connectivity index (χ1n) is 17.2. The van der Waals surface area contributed by atoms with Crippen LogP contribution in [0.2, 0.25) is 0 Å². The zero-order valence-corrected chi connectivity index (χ0v) is 29.1. The van der Waals surface area contributed by atoms with Gasteiger partial charge in [-0.2, -0.15) is 10.1 Å². The molecular formula is C33H53N9O8. The molecule has 0 aromatic carbocycles. The first-order chi connectivity index (χ1) is 24.5. The highest BCUT2D eigenvalue weighted by atomic mass is 16.6. The molecule has 4 heterocycles. The predicted molar refractivity (Wildman–Crippen MR) is 187 cm³/mol. The maximum Gasteiger partial charge on any atom is 0.287 e. The Morgan fingerprint density at radius 1 is 0.860 bits per heavy atom. The van der Waals surface area contributed by atoms with Gasteiger partial charge in [-0.05, 0) is 39.1 Å². The molecule has 5 rings (SSSR count). The Labute approximate surface area is 293 Å². The second-order valence-electron chi connectivity index (χ2n) is 11.7. The van der Waals surface area contributed by atoms with E-state index in [0.29, 0.717) is 111 Å². The summed E-state index contributed by atoms with van der Waals surface area (Å²) in [5, 5.41) is 5.74. The van der Waals surface area contributed by atoms with E-state index >= 15 is 0 Å². The van der Waals surface area contributed by atoms with Gasteiger partial charge in [0.15, 0.2) is 5.65 Å². The van der Waals surface area contributed by atoms with Crippen LogP contribution in [0, 0.1) is 0 Å². The van der Waals surface area contributed by atoms with Gasteiger partial charge in [-0.25, -0.2) is 14.6 Å². The zero-order chi connectivity index (χ0) is 35.4. The van der Waals surface area contributed by atoms with Crippen molar-refractivity contribution >= 4 is 34.7 Å². The number of nitrogens with two attached hydrogens (primary N) is 3. The van der Waals surface area contributed by atoms with Crippen molar-refractivity contribution in [1.29, 1.82) is 0 Å². The fourth-order valence-corrected chi connectivity index (χ4v) is 5.45. The quantitative estimate of drug-likeness (QED) is 0.114. The molecule has 2 aliphatic heterocycles. The molecule has 17 nitrogen and oxygen atoms in total. The van der Waals surface area contributed by atoms with Gasteiger partial charge in [0.05, 0.1) is 96.4 Å². The first kappa shape index (κ1) is 39.2. The van der Waals surface area contributed by atoms with Gasteiger partial charge < -0.3 is 60.1 Å². The molecule has 1 saturated heterocycles. The van der Waals surface area contributed by atoms with E-state index in [1.54, 1.807) is 0 Å². The molecule has 2 aromatic heterocycles. The lowest BCUT2D eigenvalue weighted by Crippen LogP contribution is -2.32. The van der Waals surface area contributed by atoms with Gasteiger partial charge in [-0.15, -0.1) is 0 Å². The third kappa shape index (κ3) is 12.6. The van der Waals surface area contributed by atoms with Crippen molar-refractivity contribution in [1.82, 2.24) is 24.6 Å². The van der Waals surface area contributed by atoms with E-state index in [1.165, 1.54) is 6.33 Å². The number of fused-ring (bicyclic) bond motifs is 2. The summed E-state index contributed by atoms with van der Waals surface area (Å²) < 4.78 is 39.1. The molecule has 0 spiro atoms. The topological polar surface area (TPSA) is 219 Å². The van der Waals surface area contributed by atoms with Gasteiger partial charge >= 0.3 is 0 Å². The number of nitrogen functional groups attached to an aromatic ring is 1. The normalized spacial score (nSPS) is 17.8. The summed E-state index contributed by atoms with van der Waals surface area (Å²) in [6, 6.07) is 0.519. The van der Waals surface area contributed by atoms with Crippen molar-refractivity contribution in [3.8, 4) is 0 Å². The molecule has 278 valence electrons. The standard InChI is InChI=1S/C18H22N8O.C15H31NO7/c1-25-6-4-11(5-7-25)26-17-14(16(19)21-9-22-17)15(24-26)10-2-3-13-12(8-10)23-18(20)27-13;16-2-5-19-7-9-21-11-13-23-15-14-22-12-10-20-8-6-18-4-1-3-17/h2,8-9,11,13H,3-7H2,1H3,(H2,20,23)(H2,19,21,22);3H,1-2,4-16H2. The number of hydrogen-bond acceptors (Lipinski definition) is 16. The number of carbonyl (C=O) groups is 1. The minimum absolute atomic E-state index is 0.107. The average molecular weight is 704 g/mol. The van der Waals surface area contributed by atoms with Crippen LogP contribution in [0.1, 0.15) is 37.4 Å². The van der Waals surface area contributed by atoms with Crippen molar-refractivity contribution in [2.45, 2.75) is 37.8 Å². The number of piperidine rings is 1. The monoisotopic (exact) mass is 703 g/mol. The number of allylic oxidation sites excluding steroid dienone is 2. The maximum atomic E-state index is 10.0. The Bertz CT molecular complexity index is 1390. The Morgan fingerprint density at radius 3 is 2.02 bits per heavy atom. The van der Waals surface area contributed by atoms with Gasteiger partial charge in [0, 0.05) is 25.0 Å². The van der Waals surface area contributed by atoms with Crippen LogP contribution in [0.4, 0.5) is 5.82 Å². The molecule has 1 fully saturated rings. The van der Waals surface area contributed by atoms with Crippen LogP contribution in [0.25, 0.3) is 16.6 Å². The summed E-state index contributed by atoms with van der Waals surface area (Å²) in [6.45, 7) is 8.91. The molecular weight excluding hydrogens is 650 g/mol. The minimum atomic E-state index is -0.107. The lowest BCUT2D eigenvalue weighted by atomic mass is 9.98. The zero-order valence-electron chi connectivity index (χ0n) is 29.1. The summed E-state index contributed by atoms with van der Waals surface area (Å²) in [6.07, 6.45) is 9.49. The molecule has 6 N–H and O–H groups in total. The summed E-state index contributed by atoms with van der Waals surface area (Å²) in [5.41, 5.74) is 20.6. The molecule has 1 atom stereocenters. The van der Waals surface area contributed by atoms with Gasteiger partial charge in [-0.1, -0.05) is 6.08 Å². The second kappa shape index (κ2) is 22.3. The van der Waals surface area contributed by atoms with Gasteiger partial charge in [0.2, 0.25) is 0 Å². The molecule has 1 unspecified atom stereocenters. The van der Waals surface area contributed by atoms with E-state index in [1.807, 2.05) is 10.8 Å². The summed E-state index contributed by atoms with van der Waals surface area (Å²) in [4.78, 5) is 25.4. The molecule has 0 saturated carbocycles. The van der Waals surface area contributed by atoms with Crippen LogP contribution < -0.4 is 17.2 Å². The number of aldehydes is 1. The number of anilines is 1. The molecule has 17 heteroatoms. The van der Waals surface area contributed by atoms with Crippen molar-refractivity contribution in [3.05, 3.63) is 29.9 Å². The number of amidine groups is 1. The molecule has 0 bridgehead atoms. The number of nitrogens with zero attached hydrogens (tertiary/aromatic N) is 6. The van der Waals surface area contributed by atoms with Crippen molar-refractivity contribution < 1.29 is 38.0 Å². The van der Waals surface area contributed by atoms with Crippen molar-refractivity contribution in [2.75, 3.05) is 112 Å². The highest BCUT2D eigenvalue weighted by Crippen LogP contribution is 2.36. The van der Waals surface area contributed by atoms with Crippen LogP contribution in [0.15, 0.2) is 29.2 Å². The third-order valence-corrected chi connectivity index (χ3v) is 8.02. The predicted octanol–water partition coefficient (Wildman–Crippen LogP) is 0.693. The smallest absolute Gasteiger partial charge is 0.287 e. The lowest BCUT2D eigenvalue weighted by Gasteiger charge is -2.29. The lowest BCUT2D eigenvalue weighted by molar-refractivity contribution is -0.109. The average Bonchev–Trinajstić information content (AvgIpc) is 3.70. The van der Waals surface area contributed by atoms with E-state index in [2.05, 4.69) is 33.0 Å². The van der Waals surface area contributed by atoms with Crippen LogP contribution in [-0.4, -0.2) is 149 Å². The number of aliphatic imine (C=N–C) groups is 1. The highest BCUT2D eigenvalue weighted by Gasteiger charge is 2.30. The Balaban J connectivity index is 0.000000229. The fraction of sp³-hybridized carbons (Fsp3) is 0.667. The van der Waals surface area contributed by atoms with E-state index in [0.717, 1.165) is 60.2 Å². The molecule has 0 radical (unpaired) electrons. The van der Waals surface area contributed by atoms with Gasteiger partial charge in [0.1, 0.15) is 30.2 Å². The number of likely N-dealkylation sites (tertiary alicyclic amines) is 1.